The Hall–Kier alpha value is -1.08. The van der Waals surface area contributed by atoms with Gasteiger partial charge in [0.15, 0.2) is 0 Å². The molecule has 9 heteroatoms. The van der Waals surface area contributed by atoms with E-state index < -0.39 is 20.8 Å². The lowest BCUT2D eigenvalue weighted by atomic mass is 10.1. The summed E-state index contributed by atoms with van der Waals surface area (Å²) in [6.45, 7) is 1.60. The van der Waals surface area contributed by atoms with E-state index in [2.05, 4.69) is 5.32 Å². The van der Waals surface area contributed by atoms with Crippen LogP contribution in [0.4, 0.5) is 5.69 Å². The minimum absolute atomic E-state index is 0.159. The molecule has 1 unspecified atom stereocenters. The van der Waals surface area contributed by atoms with Gasteiger partial charge in [-0.2, -0.15) is 0 Å². The quantitative estimate of drug-likeness (QED) is 0.476. The largest absolute Gasteiger partial charge is 0.312 e. The molecular formula is C14H17Cl3N3O3+. The van der Waals surface area contributed by atoms with E-state index in [-0.39, 0.29) is 11.3 Å². The van der Waals surface area contributed by atoms with Gasteiger partial charge < -0.3 is 4.90 Å². The minimum atomic E-state index is -1.66. The van der Waals surface area contributed by atoms with Crippen molar-refractivity contribution in [3.05, 3.63) is 39.9 Å². The number of carbonyl (C=O) groups excluding carboxylic acids is 1. The molecular weight excluding hydrogens is 365 g/mol. The highest BCUT2D eigenvalue weighted by molar-refractivity contribution is 6.68. The van der Waals surface area contributed by atoms with Crippen molar-refractivity contribution < 1.29 is 14.6 Å². The highest BCUT2D eigenvalue weighted by atomic mass is 35.6. The van der Waals surface area contributed by atoms with E-state index >= 15 is 0 Å². The number of nitro benzene ring substituents is 1. The maximum absolute atomic E-state index is 12.4. The van der Waals surface area contributed by atoms with Gasteiger partial charge in [0.1, 0.15) is 0 Å². The summed E-state index contributed by atoms with van der Waals surface area (Å²) in [5.41, 5.74) is 0.00302. The molecule has 1 heterocycles. The molecule has 23 heavy (non-hydrogen) atoms. The van der Waals surface area contributed by atoms with Gasteiger partial charge in [0.2, 0.25) is 6.17 Å². The van der Waals surface area contributed by atoms with Gasteiger partial charge in [0, 0.05) is 17.7 Å². The van der Waals surface area contributed by atoms with Gasteiger partial charge in [-0.25, -0.2) is 0 Å². The molecule has 1 aliphatic heterocycles. The number of quaternary nitrogens is 1. The minimum Gasteiger partial charge on any atom is -0.312 e. The van der Waals surface area contributed by atoms with E-state index in [0.29, 0.717) is 0 Å². The molecule has 126 valence electrons. The van der Waals surface area contributed by atoms with Crippen molar-refractivity contribution in [2.45, 2.75) is 29.2 Å². The predicted octanol–water partition coefficient (Wildman–Crippen LogP) is 2.09. The van der Waals surface area contributed by atoms with Crippen LogP contribution in [0.5, 0.6) is 0 Å². The van der Waals surface area contributed by atoms with Crippen LogP contribution in [0, 0.1) is 10.1 Å². The van der Waals surface area contributed by atoms with Crippen LogP contribution in [0.1, 0.15) is 29.6 Å². The van der Waals surface area contributed by atoms with Crippen LogP contribution in [-0.2, 0) is 0 Å². The monoisotopic (exact) mass is 380 g/mol. The van der Waals surface area contributed by atoms with Crippen LogP contribution in [-0.4, -0.2) is 33.9 Å². The average molecular weight is 382 g/mol. The molecule has 1 fully saturated rings. The second-order valence-electron chi connectivity index (χ2n) is 5.47. The molecule has 2 N–H and O–H groups in total. The fourth-order valence-corrected chi connectivity index (χ4v) is 3.31. The molecule has 1 saturated heterocycles. The summed E-state index contributed by atoms with van der Waals surface area (Å²) in [6.07, 6.45) is 2.41. The van der Waals surface area contributed by atoms with Gasteiger partial charge in [-0.15, -0.1) is 0 Å². The van der Waals surface area contributed by atoms with E-state index in [1.165, 1.54) is 24.3 Å². The molecule has 1 aliphatic rings. The molecule has 1 amide bonds. The van der Waals surface area contributed by atoms with Crippen molar-refractivity contribution in [1.29, 1.82) is 0 Å². The van der Waals surface area contributed by atoms with Gasteiger partial charge in [0.25, 0.3) is 15.4 Å². The lowest BCUT2D eigenvalue weighted by Crippen LogP contribution is -3.20. The Balaban J connectivity index is 2.17. The standard InChI is InChI=1S/C14H16Cl3N3O3/c15-14(16,17)13(19-7-2-1-3-8-19)18-12(21)10-5-4-6-11(9-10)20(22)23/h4-6,9,13H,1-3,7-8H2,(H,18,21)/p+1. The number of hydrogen-bond acceptors (Lipinski definition) is 3. The lowest BCUT2D eigenvalue weighted by molar-refractivity contribution is -0.931. The fourth-order valence-electron chi connectivity index (χ4n) is 2.69. The number of likely N-dealkylation sites (tertiary alicyclic amines) is 1. The Labute approximate surface area is 148 Å². The molecule has 0 aliphatic carbocycles. The predicted molar refractivity (Wildman–Crippen MR) is 89.2 cm³/mol. The first-order chi connectivity index (χ1) is 10.8. The summed E-state index contributed by atoms with van der Waals surface area (Å²) in [5, 5.41) is 13.5. The Kier molecular flexibility index (Phi) is 6.08. The van der Waals surface area contributed by atoms with Crippen molar-refractivity contribution in [3.63, 3.8) is 0 Å². The number of amides is 1. The van der Waals surface area contributed by atoms with Gasteiger partial charge in [0.05, 0.1) is 18.0 Å². The van der Waals surface area contributed by atoms with Crippen molar-refractivity contribution in [2.24, 2.45) is 0 Å². The van der Waals surface area contributed by atoms with Crippen LogP contribution in [0.15, 0.2) is 24.3 Å². The van der Waals surface area contributed by atoms with Crippen molar-refractivity contribution in [1.82, 2.24) is 5.32 Å². The molecule has 0 bridgehead atoms. The van der Waals surface area contributed by atoms with Crippen LogP contribution >= 0.6 is 34.8 Å². The number of carbonyl (C=O) groups is 1. The molecule has 0 saturated carbocycles. The van der Waals surface area contributed by atoms with E-state index in [9.17, 15) is 14.9 Å². The molecule has 1 atom stereocenters. The lowest BCUT2D eigenvalue weighted by Gasteiger charge is -2.35. The summed E-state index contributed by atoms with van der Waals surface area (Å²) in [6, 6.07) is 5.46. The van der Waals surface area contributed by atoms with Crippen molar-refractivity contribution in [2.75, 3.05) is 13.1 Å². The van der Waals surface area contributed by atoms with Gasteiger partial charge in [-0.3, -0.25) is 20.2 Å². The number of halogens is 3. The number of nitrogens with one attached hydrogen (secondary N) is 2. The normalized spacial score (nSPS) is 17.5. The Morgan fingerprint density at radius 3 is 2.48 bits per heavy atom. The van der Waals surface area contributed by atoms with Crippen LogP contribution in [0.3, 0.4) is 0 Å². The number of alkyl halides is 3. The zero-order chi connectivity index (χ0) is 17.0. The van der Waals surface area contributed by atoms with E-state index in [4.69, 9.17) is 34.8 Å². The highest BCUT2D eigenvalue weighted by Crippen LogP contribution is 2.28. The summed E-state index contributed by atoms with van der Waals surface area (Å²) >= 11 is 18.1. The SMILES string of the molecule is O=C(NC([NH+]1CCCCC1)C(Cl)(Cl)Cl)c1cccc([N+](=O)[O-])c1. The number of rotatable bonds is 4. The Morgan fingerprint density at radius 2 is 1.91 bits per heavy atom. The maximum Gasteiger partial charge on any atom is 0.270 e. The van der Waals surface area contributed by atoms with Crippen LogP contribution in [0.25, 0.3) is 0 Å². The zero-order valence-electron chi connectivity index (χ0n) is 12.2. The number of nitrogens with zero attached hydrogens (tertiary/aromatic N) is 1. The number of benzene rings is 1. The zero-order valence-corrected chi connectivity index (χ0v) is 14.5. The molecule has 6 nitrogen and oxygen atoms in total. The highest BCUT2D eigenvalue weighted by Gasteiger charge is 2.42. The Bertz CT molecular complexity index is 586. The molecule has 0 spiro atoms. The van der Waals surface area contributed by atoms with E-state index in [1.807, 2.05) is 0 Å². The van der Waals surface area contributed by atoms with Crippen molar-refractivity contribution in [3.8, 4) is 0 Å². The summed E-state index contributed by atoms with van der Waals surface area (Å²) < 4.78 is -1.66. The topological polar surface area (TPSA) is 76.7 Å². The third-order valence-corrected chi connectivity index (χ3v) is 4.48. The molecule has 0 aromatic heterocycles. The molecule has 2 rings (SSSR count). The first-order valence-electron chi connectivity index (χ1n) is 7.25. The van der Waals surface area contributed by atoms with Gasteiger partial charge >= 0.3 is 0 Å². The van der Waals surface area contributed by atoms with E-state index in [1.54, 1.807) is 0 Å². The van der Waals surface area contributed by atoms with E-state index in [0.717, 1.165) is 37.3 Å². The summed E-state index contributed by atoms with van der Waals surface area (Å²) in [7, 11) is 0. The molecule has 1 aromatic carbocycles. The summed E-state index contributed by atoms with van der Waals surface area (Å²) in [5.74, 6) is -0.497. The average Bonchev–Trinajstić information content (AvgIpc) is 2.52. The Morgan fingerprint density at radius 1 is 1.26 bits per heavy atom. The first-order valence-corrected chi connectivity index (χ1v) is 8.39. The van der Waals surface area contributed by atoms with Crippen LogP contribution in [0.2, 0.25) is 0 Å². The second kappa shape index (κ2) is 7.66. The molecule has 0 radical (unpaired) electrons. The maximum atomic E-state index is 12.4. The van der Waals surface area contributed by atoms with Gasteiger partial charge in [-0.1, -0.05) is 40.9 Å². The van der Waals surface area contributed by atoms with Gasteiger partial charge in [-0.05, 0) is 25.3 Å². The number of non-ortho nitro benzene ring substituents is 1. The molecule has 1 aromatic rings. The van der Waals surface area contributed by atoms with Crippen molar-refractivity contribution >= 4 is 46.4 Å². The summed E-state index contributed by atoms with van der Waals surface area (Å²) in [4.78, 5) is 23.6. The third-order valence-electron chi connectivity index (χ3n) is 3.83. The number of hydrogen-bond donors (Lipinski definition) is 2. The number of nitro groups is 1. The first kappa shape index (κ1) is 18.3. The number of piperidine rings is 1. The smallest absolute Gasteiger partial charge is 0.270 e. The third kappa shape index (κ3) is 4.94. The fraction of sp³-hybridized carbons (Fsp3) is 0.500. The van der Waals surface area contributed by atoms with Crippen LogP contribution < -0.4 is 10.2 Å². The second-order valence-corrected chi connectivity index (χ2v) is 7.84.